The van der Waals surface area contributed by atoms with Crippen molar-refractivity contribution in [1.82, 2.24) is 5.32 Å². The van der Waals surface area contributed by atoms with Crippen LogP contribution in [0.1, 0.15) is 11.1 Å². The van der Waals surface area contributed by atoms with E-state index in [0.29, 0.717) is 11.1 Å². The summed E-state index contributed by atoms with van der Waals surface area (Å²) in [5, 5.41) is 11.6. The maximum Gasteiger partial charge on any atom is 0.326 e. The van der Waals surface area contributed by atoms with Crippen molar-refractivity contribution >= 4 is 11.9 Å². The zero-order valence-corrected chi connectivity index (χ0v) is 13.3. The van der Waals surface area contributed by atoms with Gasteiger partial charge in [-0.3, -0.25) is 4.79 Å². The predicted molar refractivity (Wildman–Crippen MR) is 87.7 cm³/mol. The van der Waals surface area contributed by atoms with Gasteiger partial charge in [0, 0.05) is 6.42 Å². The summed E-state index contributed by atoms with van der Waals surface area (Å²) in [6, 6.07) is 8.73. The zero-order chi connectivity index (χ0) is 18.4. The Morgan fingerprint density at radius 3 is 1.80 bits per heavy atom. The first-order chi connectivity index (χ1) is 11.8. The summed E-state index contributed by atoms with van der Waals surface area (Å²) >= 11 is 0. The van der Waals surface area contributed by atoms with Crippen molar-refractivity contribution in [1.29, 1.82) is 0 Å². The topological polar surface area (TPSA) is 92.4 Å². The van der Waals surface area contributed by atoms with Crippen LogP contribution in [0, 0.1) is 11.6 Å². The normalized spacial score (nSPS) is 13.1. The zero-order valence-electron chi connectivity index (χ0n) is 13.3. The number of hydrogen-bond donors (Lipinski definition) is 3. The molecular formula is C18H18F2N2O3. The first kappa shape index (κ1) is 18.5. The maximum absolute atomic E-state index is 12.9. The van der Waals surface area contributed by atoms with E-state index >= 15 is 0 Å². The Morgan fingerprint density at radius 2 is 1.36 bits per heavy atom. The van der Waals surface area contributed by atoms with Crippen molar-refractivity contribution in [2.75, 3.05) is 0 Å². The monoisotopic (exact) mass is 348 g/mol. The number of carboxylic acids is 1. The first-order valence-electron chi connectivity index (χ1n) is 7.63. The minimum Gasteiger partial charge on any atom is -0.480 e. The van der Waals surface area contributed by atoms with Crippen molar-refractivity contribution in [3.8, 4) is 0 Å². The van der Waals surface area contributed by atoms with Crippen molar-refractivity contribution < 1.29 is 23.5 Å². The van der Waals surface area contributed by atoms with Gasteiger partial charge in [0.1, 0.15) is 17.7 Å². The van der Waals surface area contributed by atoms with Gasteiger partial charge in [0.05, 0.1) is 6.04 Å². The fourth-order valence-corrected chi connectivity index (χ4v) is 2.30. The fraction of sp³-hybridized carbons (Fsp3) is 0.222. The molecule has 7 heteroatoms. The molecule has 25 heavy (non-hydrogen) atoms. The summed E-state index contributed by atoms with van der Waals surface area (Å²) in [6.45, 7) is 0. The van der Waals surface area contributed by atoms with E-state index in [0.717, 1.165) is 0 Å². The number of aliphatic carboxylic acids is 1. The number of rotatable bonds is 7. The molecule has 0 radical (unpaired) electrons. The number of benzene rings is 2. The van der Waals surface area contributed by atoms with Crippen LogP contribution in [0.3, 0.4) is 0 Å². The molecule has 0 aliphatic rings. The molecule has 0 unspecified atom stereocenters. The van der Waals surface area contributed by atoms with Gasteiger partial charge < -0.3 is 16.2 Å². The largest absolute Gasteiger partial charge is 0.480 e. The Balaban J connectivity index is 1.97. The predicted octanol–water partition coefficient (Wildman–Crippen LogP) is 1.65. The van der Waals surface area contributed by atoms with Crippen LogP contribution < -0.4 is 11.1 Å². The highest BCUT2D eigenvalue weighted by Crippen LogP contribution is 2.08. The minimum atomic E-state index is -1.22. The van der Waals surface area contributed by atoms with Crippen molar-refractivity contribution in [3.05, 3.63) is 71.3 Å². The average Bonchev–Trinajstić information content (AvgIpc) is 2.58. The number of halogens is 2. The summed E-state index contributed by atoms with van der Waals surface area (Å²) in [7, 11) is 0. The van der Waals surface area contributed by atoms with Gasteiger partial charge in [-0.25, -0.2) is 13.6 Å². The van der Waals surface area contributed by atoms with Gasteiger partial charge in [0.2, 0.25) is 5.91 Å². The van der Waals surface area contributed by atoms with E-state index in [-0.39, 0.29) is 12.8 Å². The molecule has 0 aromatic heterocycles. The molecule has 2 atom stereocenters. The Bertz CT molecular complexity index is 733. The molecule has 2 aromatic carbocycles. The molecule has 2 aromatic rings. The molecule has 0 saturated heterocycles. The van der Waals surface area contributed by atoms with Crippen LogP contribution in [0.4, 0.5) is 8.78 Å². The van der Waals surface area contributed by atoms with Gasteiger partial charge >= 0.3 is 5.97 Å². The van der Waals surface area contributed by atoms with E-state index < -0.39 is 35.6 Å². The van der Waals surface area contributed by atoms with Gasteiger partial charge in [-0.1, -0.05) is 24.3 Å². The molecule has 0 spiro atoms. The molecule has 2 rings (SSSR count). The van der Waals surface area contributed by atoms with E-state index in [1.165, 1.54) is 48.5 Å². The Kier molecular flexibility index (Phi) is 6.19. The van der Waals surface area contributed by atoms with Crippen molar-refractivity contribution in [2.24, 2.45) is 5.73 Å². The summed E-state index contributed by atoms with van der Waals surface area (Å²) < 4.78 is 25.8. The second kappa shape index (κ2) is 8.34. The van der Waals surface area contributed by atoms with Crippen LogP contribution >= 0.6 is 0 Å². The van der Waals surface area contributed by atoms with E-state index in [2.05, 4.69) is 5.32 Å². The molecule has 0 aliphatic heterocycles. The molecule has 0 saturated carbocycles. The lowest BCUT2D eigenvalue weighted by Gasteiger charge is -2.18. The maximum atomic E-state index is 12.9. The van der Waals surface area contributed by atoms with E-state index in [9.17, 15) is 23.5 Å². The van der Waals surface area contributed by atoms with Gasteiger partial charge in [-0.15, -0.1) is 0 Å². The molecular weight excluding hydrogens is 330 g/mol. The average molecular weight is 348 g/mol. The van der Waals surface area contributed by atoms with Gasteiger partial charge in [0.15, 0.2) is 0 Å². The third-order valence-corrected chi connectivity index (χ3v) is 3.67. The molecule has 0 aliphatic carbocycles. The summed E-state index contributed by atoms with van der Waals surface area (Å²) in [5.74, 6) is -2.67. The lowest BCUT2D eigenvalue weighted by atomic mass is 10.0. The Morgan fingerprint density at radius 1 is 0.920 bits per heavy atom. The highest BCUT2D eigenvalue weighted by Gasteiger charge is 2.23. The number of carbonyl (C=O) groups is 2. The third kappa shape index (κ3) is 5.65. The second-order valence-corrected chi connectivity index (χ2v) is 5.67. The fourth-order valence-electron chi connectivity index (χ4n) is 2.30. The van der Waals surface area contributed by atoms with E-state index in [1.54, 1.807) is 0 Å². The molecule has 132 valence electrons. The Hall–Kier alpha value is -2.80. The minimum absolute atomic E-state index is 0.00458. The highest BCUT2D eigenvalue weighted by atomic mass is 19.1. The van der Waals surface area contributed by atoms with Crippen LogP contribution in [0.15, 0.2) is 48.5 Å². The smallest absolute Gasteiger partial charge is 0.326 e. The van der Waals surface area contributed by atoms with Crippen molar-refractivity contribution in [3.63, 3.8) is 0 Å². The number of carbonyl (C=O) groups excluding carboxylic acids is 1. The molecule has 0 bridgehead atoms. The number of hydrogen-bond acceptors (Lipinski definition) is 3. The van der Waals surface area contributed by atoms with Crippen LogP contribution in [0.2, 0.25) is 0 Å². The number of nitrogens with one attached hydrogen (secondary N) is 1. The van der Waals surface area contributed by atoms with Gasteiger partial charge in [0.25, 0.3) is 0 Å². The third-order valence-electron chi connectivity index (χ3n) is 3.67. The standard InChI is InChI=1S/C18H18F2N2O3/c19-13-5-1-11(2-6-13)9-15(21)17(23)22-16(18(24)25)10-12-3-7-14(20)8-4-12/h1-8,15-16H,9-10,21H2,(H,22,23)(H,24,25)/t15-,16-/m0/s1. The number of nitrogens with two attached hydrogens (primary N) is 1. The van der Waals surface area contributed by atoms with Gasteiger partial charge in [-0.2, -0.15) is 0 Å². The molecule has 5 nitrogen and oxygen atoms in total. The van der Waals surface area contributed by atoms with Crippen molar-refractivity contribution in [2.45, 2.75) is 24.9 Å². The first-order valence-corrected chi connectivity index (χ1v) is 7.63. The summed E-state index contributed by atoms with van der Waals surface area (Å²) in [4.78, 5) is 23.5. The highest BCUT2D eigenvalue weighted by molar-refractivity contribution is 5.87. The van der Waals surface area contributed by atoms with E-state index in [4.69, 9.17) is 5.73 Å². The number of amides is 1. The van der Waals surface area contributed by atoms with E-state index in [1.807, 2.05) is 0 Å². The number of carboxylic acid groups (broad SMARTS) is 1. The quantitative estimate of drug-likeness (QED) is 0.709. The molecule has 1 amide bonds. The second-order valence-electron chi connectivity index (χ2n) is 5.67. The lowest BCUT2D eigenvalue weighted by molar-refractivity contribution is -0.141. The van der Waals surface area contributed by atoms with Crippen LogP contribution in [0.25, 0.3) is 0 Å². The van der Waals surface area contributed by atoms with Crippen LogP contribution in [-0.2, 0) is 22.4 Å². The summed E-state index contributed by atoms with van der Waals surface area (Å²) in [6.07, 6.45) is 0.152. The lowest BCUT2D eigenvalue weighted by Crippen LogP contribution is -2.50. The molecule has 0 heterocycles. The van der Waals surface area contributed by atoms with Gasteiger partial charge in [-0.05, 0) is 41.8 Å². The SMILES string of the molecule is N[C@@H](Cc1ccc(F)cc1)C(=O)N[C@@H](Cc1ccc(F)cc1)C(=O)O. The van der Waals surface area contributed by atoms with Crippen LogP contribution in [0.5, 0.6) is 0 Å². The molecule has 0 fully saturated rings. The Labute approximate surface area is 143 Å². The summed E-state index contributed by atoms with van der Waals surface area (Å²) in [5.41, 5.74) is 7.03. The molecule has 4 N–H and O–H groups in total. The van der Waals surface area contributed by atoms with Crippen LogP contribution in [-0.4, -0.2) is 29.1 Å².